The maximum absolute atomic E-state index is 11.3. The summed E-state index contributed by atoms with van der Waals surface area (Å²) in [5.41, 5.74) is 0. The van der Waals surface area contributed by atoms with Gasteiger partial charge in [0.2, 0.25) is 0 Å². The first-order valence-corrected chi connectivity index (χ1v) is 6.05. The number of carbonyl (C=O) groups excluding carboxylic acids is 3. The van der Waals surface area contributed by atoms with Crippen LogP contribution >= 0.6 is 0 Å². The first-order chi connectivity index (χ1) is 8.51. The van der Waals surface area contributed by atoms with Gasteiger partial charge in [0.05, 0.1) is 0 Å². The molecular formula is C12H21NO5. The fourth-order valence-electron chi connectivity index (χ4n) is 1.24. The lowest BCUT2D eigenvalue weighted by Crippen LogP contribution is -2.32. The second-order valence-corrected chi connectivity index (χ2v) is 3.75. The van der Waals surface area contributed by atoms with E-state index in [1.807, 2.05) is 0 Å². The predicted molar refractivity (Wildman–Crippen MR) is 65.4 cm³/mol. The number of ether oxygens (including phenoxy) is 2. The number of hydrogen-bond acceptors (Lipinski definition) is 5. The SMILES string of the molecule is CCNC(=O)OC(CCC(=O)COCC)C(C)=O. The van der Waals surface area contributed by atoms with Gasteiger partial charge in [0.15, 0.2) is 17.7 Å². The van der Waals surface area contributed by atoms with Crippen LogP contribution in [0.3, 0.4) is 0 Å². The summed E-state index contributed by atoms with van der Waals surface area (Å²) in [5, 5.41) is 2.43. The van der Waals surface area contributed by atoms with Crippen molar-refractivity contribution >= 4 is 17.7 Å². The van der Waals surface area contributed by atoms with E-state index in [2.05, 4.69) is 5.32 Å². The highest BCUT2D eigenvalue weighted by atomic mass is 16.6. The molecule has 1 amide bonds. The first kappa shape index (κ1) is 16.6. The molecule has 0 aromatic heterocycles. The highest BCUT2D eigenvalue weighted by Crippen LogP contribution is 2.05. The Hall–Kier alpha value is -1.43. The second-order valence-electron chi connectivity index (χ2n) is 3.75. The van der Waals surface area contributed by atoms with Gasteiger partial charge in [-0.05, 0) is 27.2 Å². The number of carbonyl (C=O) groups is 3. The van der Waals surface area contributed by atoms with E-state index in [4.69, 9.17) is 9.47 Å². The topological polar surface area (TPSA) is 81.7 Å². The van der Waals surface area contributed by atoms with E-state index in [1.54, 1.807) is 13.8 Å². The fraction of sp³-hybridized carbons (Fsp3) is 0.750. The first-order valence-electron chi connectivity index (χ1n) is 6.05. The molecule has 0 saturated carbocycles. The number of hydrogen-bond donors (Lipinski definition) is 1. The van der Waals surface area contributed by atoms with Crippen LogP contribution < -0.4 is 5.32 Å². The average Bonchev–Trinajstić information content (AvgIpc) is 2.31. The van der Waals surface area contributed by atoms with E-state index in [0.29, 0.717) is 13.2 Å². The lowest BCUT2D eigenvalue weighted by atomic mass is 10.1. The molecule has 0 aromatic rings. The molecule has 6 nitrogen and oxygen atoms in total. The molecule has 0 aliphatic carbocycles. The zero-order valence-electron chi connectivity index (χ0n) is 11.2. The smallest absolute Gasteiger partial charge is 0.407 e. The molecule has 0 rings (SSSR count). The highest BCUT2D eigenvalue weighted by molar-refractivity contribution is 5.85. The Balaban J connectivity index is 4.08. The van der Waals surface area contributed by atoms with Crippen molar-refractivity contribution < 1.29 is 23.9 Å². The van der Waals surface area contributed by atoms with E-state index in [0.717, 1.165) is 0 Å². The van der Waals surface area contributed by atoms with Crippen molar-refractivity contribution in [3.63, 3.8) is 0 Å². The Kier molecular flexibility index (Phi) is 8.82. The molecule has 0 fully saturated rings. The summed E-state index contributed by atoms with van der Waals surface area (Å²) in [6.45, 7) is 5.79. The molecule has 0 aliphatic heterocycles. The summed E-state index contributed by atoms with van der Waals surface area (Å²) in [7, 11) is 0. The van der Waals surface area contributed by atoms with Gasteiger partial charge in [-0.25, -0.2) is 4.79 Å². The van der Waals surface area contributed by atoms with Crippen LogP contribution in [0.4, 0.5) is 4.79 Å². The molecular weight excluding hydrogens is 238 g/mol. The zero-order chi connectivity index (χ0) is 14.0. The third kappa shape index (κ3) is 7.78. The normalized spacial score (nSPS) is 11.7. The summed E-state index contributed by atoms with van der Waals surface area (Å²) < 4.78 is 9.87. The van der Waals surface area contributed by atoms with E-state index < -0.39 is 12.2 Å². The van der Waals surface area contributed by atoms with E-state index in [1.165, 1.54) is 6.92 Å². The number of Topliss-reactive ketones (excluding diaryl/α,β-unsaturated/α-hetero) is 2. The standard InChI is InChI=1S/C12H21NO5/c1-4-13-12(16)18-11(9(3)14)7-6-10(15)8-17-5-2/h11H,4-8H2,1-3H3,(H,13,16). The van der Waals surface area contributed by atoms with Crippen molar-refractivity contribution in [1.29, 1.82) is 0 Å². The van der Waals surface area contributed by atoms with E-state index in [9.17, 15) is 14.4 Å². The Morgan fingerprint density at radius 1 is 1.22 bits per heavy atom. The summed E-state index contributed by atoms with van der Waals surface area (Å²) in [4.78, 5) is 33.8. The highest BCUT2D eigenvalue weighted by Gasteiger charge is 2.20. The Labute approximate surface area is 107 Å². The van der Waals surface area contributed by atoms with Gasteiger partial charge in [0.25, 0.3) is 0 Å². The summed E-state index contributed by atoms with van der Waals surface area (Å²) in [5.74, 6) is -0.381. The Bertz CT molecular complexity index is 290. The Morgan fingerprint density at radius 3 is 2.39 bits per heavy atom. The van der Waals surface area contributed by atoms with Crippen LogP contribution in [0.5, 0.6) is 0 Å². The molecule has 0 aromatic carbocycles. The van der Waals surface area contributed by atoms with Crippen LogP contribution in [-0.2, 0) is 19.1 Å². The fourth-order valence-corrected chi connectivity index (χ4v) is 1.24. The molecule has 0 spiro atoms. The molecule has 6 heteroatoms. The van der Waals surface area contributed by atoms with Crippen molar-refractivity contribution in [2.75, 3.05) is 19.8 Å². The molecule has 18 heavy (non-hydrogen) atoms. The van der Waals surface area contributed by atoms with Crippen LogP contribution in [0.2, 0.25) is 0 Å². The largest absolute Gasteiger partial charge is 0.438 e. The predicted octanol–water partition coefficient (Wildman–Crippen LogP) is 1.08. The number of rotatable bonds is 9. The van der Waals surface area contributed by atoms with Crippen LogP contribution in [0.1, 0.15) is 33.6 Å². The minimum atomic E-state index is -0.873. The van der Waals surface area contributed by atoms with Crippen molar-refractivity contribution in [2.24, 2.45) is 0 Å². The second kappa shape index (κ2) is 9.58. The minimum absolute atomic E-state index is 0.0300. The van der Waals surface area contributed by atoms with Crippen LogP contribution in [0, 0.1) is 0 Å². The summed E-state index contributed by atoms with van der Waals surface area (Å²) in [6.07, 6.45) is -1.17. The van der Waals surface area contributed by atoms with E-state index in [-0.39, 0.29) is 31.0 Å². The monoisotopic (exact) mass is 259 g/mol. The van der Waals surface area contributed by atoms with Gasteiger partial charge in [-0.3, -0.25) is 9.59 Å². The van der Waals surface area contributed by atoms with Gasteiger partial charge in [0, 0.05) is 19.6 Å². The maximum atomic E-state index is 11.3. The molecule has 0 heterocycles. The average molecular weight is 259 g/mol. The van der Waals surface area contributed by atoms with Gasteiger partial charge in [-0.1, -0.05) is 0 Å². The van der Waals surface area contributed by atoms with Gasteiger partial charge in [0.1, 0.15) is 6.61 Å². The maximum Gasteiger partial charge on any atom is 0.407 e. The molecule has 104 valence electrons. The van der Waals surface area contributed by atoms with Gasteiger partial charge < -0.3 is 14.8 Å². The third-order valence-corrected chi connectivity index (χ3v) is 2.18. The van der Waals surface area contributed by atoms with Crippen molar-refractivity contribution in [3.8, 4) is 0 Å². The van der Waals surface area contributed by atoms with Gasteiger partial charge in [-0.15, -0.1) is 0 Å². The molecule has 0 radical (unpaired) electrons. The van der Waals surface area contributed by atoms with Crippen LogP contribution in [-0.4, -0.2) is 43.5 Å². The van der Waals surface area contributed by atoms with Crippen molar-refractivity contribution in [1.82, 2.24) is 5.32 Å². The molecule has 1 unspecified atom stereocenters. The minimum Gasteiger partial charge on any atom is -0.438 e. The van der Waals surface area contributed by atoms with Gasteiger partial charge in [-0.2, -0.15) is 0 Å². The Morgan fingerprint density at radius 2 is 1.89 bits per heavy atom. The molecule has 0 aliphatic rings. The van der Waals surface area contributed by atoms with Crippen molar-refractivity contribution in [2.45, 2.75) is 39.7 Å². The third-order valence-electron chi connectivity index (χ3n) is 2.18. The molecule has 1 N–H and O–H groups in total. The molecule has 0 bridgehead atoms. The number of ketones is 2. The van der Waals surface area contributed by atoms with Crippen LogP contribution in [0.25, 0.3) is 0 Å². The van der Waals surface area contributed by atoms with E-state index >= 15 is 0 Å². The van der Waals surface area contributed by atoms with Crippen LogP contribution in [0.15, 0.2) is 0 Å². The summed E-state index contributed by atoms with van der Waals surface area (Å²) in [6, 6.07) is 0. The van der Waals surface area contributed by atoms with Gasteiger partial charge >= 0.3 is 6.09 Å². The van der Waals surface area contributed by atoms with Crippen molar-refractivity contribution in [3.05, 3.63) is 0 Å². The number of alkyl carbamates (subject to hydrolysis) is 1. The number of amides is 1. The molecule has 0 saturated heterocycles. The zero-order valence-corrected chi connectivity index (χ0v) is 11.2. The lowest BCUT2D eigenvalue weighted by Gasteiger charge is -2.14. The lowest BCUT2D eigenvalue weighted by molar-refractivity contribution is -0.127. The molecule has 1 atom stereocenters. The summed E-state index contributed by atoms with van der Waals surface area (Å²) >= 11 is 0. The number of nitrogens with one attached hydrogen (secondary N) is 1. The quantitative estimate of drug-likeness (QED) is 0.670.